The van der Waals surface area contributed by atoms with Gasteiger partial charge in [-0.25, -0.2) is 0 Å². The zero-order chi connectivity index (χ0) is 14.6. The second-order valence-electron chi connectivity index (χ2n) is 6.07. The molecule has 5 nitrogen and oxygen atoms in total. The maximum absolute atomic E-state index is 11.7. The number of esters is 1. The Bertz CT molecular complexity index is 351. The van der Waals surface area contributed by atoms with E-state index in [1.165, 1.54) is 0 Å². The lowest BCUT2D eigenvalue weighted by molar-refractivity contribution is -0.151. The van der Waals surface area contributed by atoms with Gasteiger partial charge in [-0.15, -0.1) is 0 Å². The van der Waals surface area contributed by atoms with Crippen LogP contribution in [-0.4, -0.2) is 53.6 Å². The van der Waals surface area contributed by atoms with Gasteiger partial charge in [0.1, 0.15) is 5.78 Å². The minimum atomic E-state index is -0.705. The van der Waals surface area contributed by atoms with Crippen molar-refractivity contribution >= 4 is 11.8 Å². The molecule has 0 unspecified atom stereocenters. The summed E-state index contributed by atoms with van der Waals surface area (Å²) in [5, 5.41) is 10.6. The number of piperidine rings is 1. The first-order chi connectivity index (χ1) is 9.52. The maximum atomic E-state index is 11.7. The Morgan fingerprint density at radius 3 is 2.50 bits per heavy atom. The molecule has 0 atom stereocenters. The van der Waals surface area contributed by atoms with Crippen LogP contribution >= 0.6 is 0 Å². The Balaban J connectivity index is 1.79. The van der Waals surface area contributed by atoms with E-state index in [4.69, 9.17) is 4.74 Å². The standard InChI is InChI=1S/C15H25NO4/c1-2-20-14(18)12-3-7-15(19,8-4-12)11-16-9-5-13(17)6-10-16/h12,19H,2-11H2,1H3. The van der Waals surface area contributed by atoms with Gasteiger partial charge in [-0.3, -0.25) is 14.5 Å². The Hall–Kier alpha value is -0.940. The third kappa shape index (κ3) is 4.03. The molecule has 114 valence electrons. The maximum Gasteiger partial charge on any atom is 0.308 e. The number of ether oxygens (including phenoxy) is 1. The summed E-state index contributed by atoms with van der Waals surface area (Å²) < 4.78 is 5.04. The Labute approximate surface area is 120 Å². The third-order valence-electron chi connectivity index (χ3n) is 4.47. The second-order valence-corrected chi connectivity index (χ2v) is 6.07. The molecule has 2 rings (SSSR count). The van der Waals surface area contributed by atoms with E-state index >= 15 is 0 Å². The van der Waals surface area contributed by atoms with E-state index in [-0.39, 0.29) is 11.9 Å². The molecule has 1 N–H and O–H groups in total. The molecule has 1 aliphatic carbocycles. The van der Waals surface area contributed by atoms with Crippen molar-refractivity contribution in [1.29, 1.82) is 0 Å². The number of nitrogens with zero attached hydrogens (tertiary/aromatic N) is 1. The first-order valence-electron chi connectivity index (χ1n) is 7.65. The van der Waals surface area contributed by atoms with Gasteiger partial charge in [0.15, 0.2) is 0 Å². The van der Waals surface area contributed by atoms with Crippen molar-refractivity contribution in [2.75, 3.05) is 26.2 Å². The highest BCUT2D eigenvalue weighted by Crippen LogP contribution is 2.33. The first kappa shape index (κ1) is 15.4. The summed E-state index contributed by atoms with van der Waals surface area (Å²) >= 11 is 0. The van der Waals surface area contributed by atoms with Gasteiger partial charge < -0.3 is 9.84 Å². The van der Waals surface area contributed by atoms with Gasteiger partial charge in [-0.1, -0.05) is 0 Å². The average Bonchev–Trinajstić information content (AvgIpc) is 2.42. The molecule has 0 aromatic rings. The fourth-order valence-electron chi connectivity index (χ4n) is 3.19. The summed E-state index contributed by atoms with van der Waals surface area (Å²) in [7, 11) is 0. The number of aliphatic hydroxyl groups is 1. The molecule has 0 aromatic carbocycles. The number of likely N-dealkylation sites (tertiary alicyclic amines) is 1. The highest BCUT2D eigenvalue weighted by Gasteiger charge is 2.38. The van der Waals surface area contributed by atoms with Crippen LogP contribution in [0.5, 0.6) is 0 Å². The Morgan fingerprint density at radius 2 is 1.95 bits per heavy atom. The van der Waals surface area contributed by atoms with Gasteiger partial charge in [0.25, 0.3) is 0 Å². The monoisotopic (exact) mass is 283 g/mol. The average molecular weight is 283 g/mol. The largest absolute Gasteiger partial charge is 0.466 e. The van der Waals surface area contributed by atoms with Crippen molar-refractivity contribution in [3.05, 3.63) is 0 Å². The lowest BCUT2D eigenvalue weighted by atomic mass is 9.78. The molecule has 0 radical (unpaired) electrons. The quantitative estimate of drug-likeness (QED) is 0.784. The summed E-state index contributed by atoms with van der Waals surface area (Å²) in [6.07, 6.45) is 3.87. The smallest absolute Gasteiger partial charge is 0.308 e. The van der Waals surface area contributed by atoms with Gasteiger partial charge in [-0.05, 0) is 32.6 Å². The summed E-state index contributed by atoms with van der Waals surface area (Å²) in [6, 6.07) is 0. The predicted molar refractivity (Wildman–Crippen MR) is 74.2 cm³/mol. The molecule has 0 spiro atoms. The van der Waals surface area contributed by atoms with Crippen molar-refractivity contribution in [2.24, 2.45) is 5.92 Å². The number of carbonyl (C=O) groups is 2. The molecular formula is C15H25NO4. The van der Waals surface area contributed by atoms with E-state index in [0.29, 0.717) is 57.5 Å². The van der Waals surface area contributed by atoms with Crippen LogP contribution in [0, 0.1) is 5.92 Å². The normalized spacial score (nSPS) is 32.1. The van der Waals surface area contributed by atoms with Gasteiger partial charge in [0.05, 0.1) is 18.1 Å². The summed E-state index contributed by atoms with van der Waals surface area (Å²) in [4.78, 5) is 25.1. The zero-order valence-corrected chi connectivity index (χ0v) is 12.3. The number of rotatable bonds is 4. The Kier molecular flexibility index (Phi) is 5.16. The van der Waals surface area contributed by atoms with Crippen LogP contribution in [-0.2, 0) is 14.3 Å². The predicted octanol–water partition coefficient (Wildman–Crippen LogP) is 1.14. The van der Waals surface area contributed by atoms with Crippen molar-refractivity contribution in [3.63, 3.8) is 0 Å². The van der Waals surface area contributed by atoms with Gasteiger partial charge in [-0.2, -0.15) is 0 Å². The lowest BCUT2D eigenvalue weighted by Crippen LogP contribution is -2.48. The van der Waals surface area contributed by atoms with Gasteiger partial charge in [0, 0.05) is 32.5 Å². The first-order valence-corrected chi connectivity index (χ1v) is 7.65. The number of hydrogen-bond donors (Lipinski definition) is 1. The van der Waals surface area contributed by atoms with Gasteiger partial charge in [0.2, 0.25) is 0 Å². The van der Waals surface area contributed by atoms with E-state index in [2.05, 4.69) is 4.90 Å². The van der Waals surface area contributed by atoms with Crippen LogP contribution in [0.4, 0.5) is 0 Å². The minimum Gasteiger partial charge on any atom is -0.466 e. The van der Waals surface area contributed by atoms with Gasteiger partial charge >= 0.3 is 5.97 Å². The lowest BCUT2D eigenvalue weighted by Gasteiger charge is -2.39. The summed E-state index contributed by atoms with van der Waals surface area (Å²) in [5.41, 5.74) is -0.705. The molecule has 0 amide bonds. The SMILES string of the molecule is CCOC(=O)C1CCC(O)(CN2CCC(=O)CC2)CC1. The fourth-order valence-corrected chi connectivity index (χ4v) is 3.19. The molecule has 1 heterocycles. The van der Waals surface area contributed by atoms with Crippen molar-refractivity contribution in [2.45, 2.75) is 51.0 Å². The topological polar surface area (TPSA) is 66.8 Å². The highest BCUT2D eigenvalue weighted by atomic mass is 16.5. The fraction of sp³-hybridized carbons (Fsp3) is 0.867. The van der Waals surface area contributed by atoms with E-state index in [0.717, 1.165) is 13.1 Å². The molecule has 2 fully saturated rings. The molecule has 0 bridgehead atoms. The molecule has 1 saturated heterocycles. The van der Waals surface area contributed by atoms with Crippen molar-refractivity contribution < 1.29 is 19.4 Å². The van der Waals surface area contributed by atoms with Crippen LogP contribution < -0.4 is 0 Å². The van der Waals surface area contributed by atoms with E-state index in [1.807, 2.05) is 6.92 Å². The van der Waals surface area contributed by atoms with Crippen LogP contribution in [0.3, 0.4) is 0 Å². The number of ketones is 1. The van der Waals surface area contributed by atoms with E-state index in [9.17, 15) is 14.7 Å². The summed E-state index contributed by atoms with van der Waals surface area (Å²) in [5.74, 6) is 0.135. The number of hydrogen-bond acceptors (Lipinski definition) is 5. The molecule has 1 aliphatic heterocycles. The van der Waals surface area contributed by atoms with Crippen LogP contribution in [0.1, 0.15) is 45.4 Å². The van der Waals surface area contributed by atoms with E-state index in [1.54, 1.807) is 0 Å². The molecule has 0 aromatic heterocycles. The summed E-state index contributed by atoms with van der Waals surface area (Å²) in [6.45, 7) is 4.36. The molecule has 20 heavy (non-hydrogen) atoms. The van der Waals surface area contributed by atoms with Crippen molar-refractivity contribution in [3.8, 4) is 0 Å². The van der Waals surface area contributed by atoms with Crippen LogP contribution in [0.25, 0.3) is 0 Å². The second kappa shape index (κ2) is 6.68. The molecular weight excluding hydrogens is 258 g/mol. The molecule has 1 saturated carbocycles. The Morgan fingerprint density at radius 1 is 1.35 bits per heavy atom. The van der Waals surface area contributed by atoms with E-state index < -0.39 is 5.60 Å². The molecule has 5 heteroatoms. The van der Waals surface area contributed by atoms with Crippen molar-refractivity contribution in [1.82, 2.24) is 4.90 Å². The minimum absolute atomic E-state index is 0.0573. The third-order valence-corrected chi connectivity index (χ3v) is 4.47. The highest BCUT2D eigenvalue weighted by molar-refractivity contribution is 5.79. The number of β-amino-alcohol motifs (C(OH)–C–C–N with tert-alkyl or cyclic N) is 1. The van der Waals surface area contributed by atoms with Crippen LogP contribution in [0.2, 0.25) is 0 Å². The molecule has 2 aliphatic rings. The van der Waals surface area contributed by atoms with Crippen LogP contribution in [0.15, 0.2) is 0 Å². The number of Topliss-reactive ketones (excluding diaryl/α,β-unsaturated/α-hetero) is 1. The number of carbonyl (C=O) groups excluding carboxylic acids is 2. The zero-order valence-electron chi connectivity index (χ0n) is 12.3.